The largest absolute Gasteiger partial charge is 0.396 e. The van der Waals surface area contributed by atoms with Crippen LogP contribution in [0.5, 0.6) is 0 Å². The van der Waals surface area contributed by atoms with Crippen molar-refractivity contribution in [3.8, 4) is 0 Å². The zero-order valence-corrected chi connectivity index (χ0v) is 4.41. The van der Waals surface area contributed by atoms with Gasteiger partial charge in [0.1, 0.15) is 11.6 Å². The van der Waals surface area contributed by atoms with E-state index in [1.807, 2.05) is 0 Å². The zero-order valence-electron chi connectivity index (χ0n) is 6.41. The van der Waals surface area contributed by atoms with E-state index >= 15 is 0 Å². The number of hydrogen-bond acceptors (Lipinski definition) is 1. The molecule has 1 rings (SSSR count). The van der Waals surface area contributed by atoms with Gasteiger partial charge in [0, 0.05) is 0 Å². The first-order valence-electron chi connectivity index (χ1n) is 3.24. The Bertz CT molecular complexity index is 275. The van der Waals surface area contributed by atoms with Crippen molar-refractivity contribution >= 4 is 5.69 Å². The molecule has 9 heavy (non-hydrogen) atoms. The topological polar surface area (TPSA) is 26.0 Å². The summed E-state index contributed by atoms with van der Waals surface area (Å²) >= 11 is 0. The first-order chi connectivity index (χ1) is 5.04. The summed E-state index contributed by atoms with van der Waals surface area (Å²) in [4.78, 5) is 0. The molecule has 48 valence electrons. The Labute approximate surface area is 53.9 Å². The third-order valence-corrected chi connectivity index (χ3v) is 0.827. The Morgan fingerprint density at radius 1 is 1.56 bits per heavy atom. The van der Waals surface area contributed by atoms with Crippen molar-refractivity contribution in [2.75, 3.05) is 5.73 Å². The maximum atomic E-state index is 12.5. The molecule has 2 N–H and O–H groups in total. The number of halogens is 2. The van der Waals surface area contributed by atoms with E-state index in [4.69, 9.17) is 8.48 Å². The fourth-order valence-corrected chi connectivity index (χ4v) is 0.419. The summed E-state index contributed by atoms with van der Waals surface area (Å²) in [5.41, 5.74) is 4.41. The average Bonchev–Trinajstić information content (AvgIpc) is 1.97. The van der Waals surface area contributed by atoms with Gasteiger partial charge in [-0.05, 0) is 18.2 Å². The van der Waals surface area contributed by atoms with Crippen LogP contribution in [0.25, 0.3) is 0 Å². The molecule has 0 amide bonds. The molecule has 0 aromatic heterocycles. The maximum Gasteiger partial charge on any atom is 0.146 e. The van der Waals surface area contributed by atoms with Gasteiger partial charge in [0.2, 0.25) is 0 Å². The molecule has 0 atom stereocenters. The predicted molar refractivity (Wildman–Crippen MR) is 30.8 cm³/mol. The summed E-state index contributed by atoms with van der Waals surface area (Å²) in [5, 5.41) is 0. The lowest BCUT2D eigenvalue weighted by Gasteiger charge is -1.92. The molecule has 0 unspecified atom stereocenters. The lowest BCUT2D eigenvalue weighted by molar-refractivity contribution is 0.604. The first-order valence-corrected chi connectivity index (χ1v) is 2.24. The lowest BCUT2D eigenvalue weighted by Crippen LogP contribution is -1.89. The van der Waals surface area contributed by atoms with E-state index in [-0.39, 0.29) is 0 Å². The van der Waals surface area contributed by atoms with Crippen LogP contribution in [0.15, 0.2) is 18.2 Å². The minimum absolute atomic E-state index is 0.557. The molecule has 1 aromatic rings. The highest BCUT2D eigenvalue weighted by Gasteiger charge is 1.96. The maximum absolute atomic E-state index is 12.5. The molecule has 0 aliphatic rings. The van der Waals surface area contributed by atoms with Crippen LogP contribution in [-0.4, -0.2) is 0 Å². The van der Waals surface area contributed by atoms with Gasteiger partial charge in [0.05, 0.1) is 8.43 Å². The molecule has 0 aliphatic heterocycles. The monoisotopic (exact) mass is 131 g/mol. The van der Waals surface area contributed by atoms with E-state index in [0.717, 1.165) is 0 Å². The van der Waals surface area contributed by atoms with Gasteiger partial charge in [-0.15, -0.1) is 0 Å². The summed E-state index contributed by atoms with van der Waals surface area (Å²) in [6.45, 7) is 0. The molecule has 0 spiro atoms. The van der Waals surface area contributed by atoms with Gasteiger partial charge < -0.3 is 5.73 Å². The van der Waals surface area contributed by atoms with E-state index in [0.29, 0.717) is 6.07 Å². The Hall–Kier alpha value is -1.12. The van der Waals surface area contributed by atoms with Gasteiger partial charge in [-0.3, -0.25) is 0 Å². The van der Waals surface area contributed by atoms with Crippen molar-refractivity contribution in [2.45, 2.75) is 0 Å². The van der Waals surface area contributed by atoms with Gasteiger partial charge in [-0.25, -0.2) is 8.78 Å². The van der Waals surface area contributed by atoms with Crippen LogP contribution in [0.1, 0.15) is 2.74 Å². The molecule has 3 heteroatoms. The van der Waals surface area contributed by atoms with E-state index in [2.05, 4.69) is 0 Å². The van der Waals surface area contributed by atoms with Crippen molar-refractivity contribution < 1.29 is 11.5 Å². The van der Waals surface area contributed by atoms with E-state index in [1.54, 1.807) is 0 Å². The second-order valence-corrected chi connectivity index (χ2v) is 1.49. The zero-order chi connectivity index (χ0) is 8.59. The van der Waals surface area contributed by atoms with E-state index in [9.17, 15) is 8.78 Å². The molecule has 0 radical (unpaired) electrons. The normalized spacial score (nSPS) is 12.7. The molecular weight excluding hydrogens is 124 g/mol. The summed E-state index contributed by atoms with van der Waals surface area (Å²) in [6.07, 6.45) is 0. The van der Waals surface area contributed by atoms with Gasteiger partial charge in [-0.1, -0.05) is 0 Å². The minimum atomic E-state index is -1.09. The fraction of sp³-hybridized carbons (Fsp3) is 0. The van der Waals surface area contributed by atoms with Gasteiger partial charge in [-0.2, -0.15) is 0 Å². The van der Waals surface area contributed by atoms with Crippen molar-refractivity contribution in [3.05, 3.63) is 29.8 Å². The second-order valence-electron chi connectivity index (χ2n) is 1.49. The number of rotatable bonds is 0. The molecule has 0 bridgehead atoms. The lowest BCUT2D eigenvalue weighted by atomic mass is 10.3. The van der Waals surface area contributed by atoms with Crippen molar-refractivity contribution in [1.29, 1.82) is 0 Å². The Morgan fingerprint density at radius 3 is 2.89 bits per heavy atom. The van der Waals surface area contributed by atoms with Crippen molar-refractivity contribution in [2.24, 2.45) is 0 Å². The average molecular weight is 131 g/mol. The molecule has 0 saturated heterocycles. The van der Waals surface area contributed by atoms with Crippen LogP contribution in [0.2, 0.25) is 0 Å². The standard InChI is InChI=1S/C6H5F2N/c7-4-1-2-5(8)6(9)3-4/h1-3H,9H2/i1D,3D. The molecule has 0 heterocycles. The van der Waals surface area contributed by atoms with Gasteiger partial charge in [0.15, 0.2) is 0 Å². The number of benzene rings is 1. The SMILES string of the molecule is [2H]c1cc(F)c(N)c([2H])c1F. The van der Waals surface area contributed by atoms with Crippen molar-refractivity contribution in [1.82, 2.24) is 0 Å². The number of anilines is 1. The highest BCUT2D eigenvalue weighted by Crippen LogP contribution is 2.09. The summed E-state index contributed by atoms with van der Waals surface area (Å²) in [5.74, 6) is -2.02. The third kappa shape index (κ3) is 1.16. The highest BCUT2D eigenvalue weighted by molar-refractivity contribution is 5.38. The van der Waals surface area contributed by atoms with Gasteiger partial charge >= 0.3 is 0 Å². The van der Waals surface area contributed by atoms with Crippen LogP contribution in [0.4, 0.5) is 14.5 Å². The van der Waals surface area contributed by atoms with Crippen molar-refractivity contribution in [3.63, 3.8) is 0 Å². The smallest absolute Gasteiger partial charge is 0.146 e. The van der Waals surface area contributed by atoms with Crippen LogP contribution >= 0.6 is 0 Å². The van der Waals surface area contributed by atoms with Crippen LogP contribution in [0, 0.1) is 11.6 Å². The molecule has 0 aliphatic carbocycles. The first kappa shape index (κ1) is 3.82. The minimum Gasteiger partial charge on any atom is -0.396 e. The second kappa shape index (κ2) is 2.01. The molecule has 0 fully saturated rings. The van der Waals surface area contributed by atoms with Crippen LogP contribution < -0.4 is 5.73 Å². The Kier molecular flexibility index (Phi) is 0.853. The summed E-state index contributed by atoms with van der Waals surface area (Å²) in [7, 11) is 0. The third-order valence-electron chi connectivity index (χ3n) is 0.827. The molecule has 1 aromatic carbocycles. The number of nitrogen functional groups attached to an aromatic ring is 1. The highest BCUT2D eigenvalue weighted by atomic mass is 19.1. The Morgan fingerprint density at radius 2 is 2.22 bits per heavy atom. The molecular formula is C6H5F2N. The van der Waals surface area contributed by atoms with E-state index in [1.165, 1.54) is 0 Å². The van der Waals surface area contributed by atoms with E-state index < -0.39 is 29.4 Å². The molecule has 0 saturated carbocycles. The van der Waals surface area contributed by atoms with Gasteiger partial charge in [0.25, 0.3) is 0 Å². The Balaban J connectivity index is 3.46. The summed E-state index contributed by atoms with van der Waals surface area (Å²) in [6, 6.07) is -0.764. The number of hydrogen-bond donors (Lipinski definition) is 1. The molecule has 1 nitrogen and oxygen atoms in total. The quantitative estimate of drug-likeness (QED) is 0.531. The fourth-order valence-electron chi connectivity index (χ4n) is 0.419. The van der Waals surface area contributed by atoms with Crippen LogP contribution in [-0.2, 0) is 0 Å². The summed E-state index contributed by atoms with van der Waals surface area (Å²) < 4.78 is 38.7. The predicted octanol–water partition coefficient (Wildman–Crippen LogP) is 1.55. The number of nitrogens with two attached hydrogens (primary N) is 1. The van der Waals surface area contributed by atoms with Crippen LogP contribution in [0.3, 0.4) is 0 Å².